The Morgan fingerprint density at radius 3 is 2.76 bits per heavy atom. The lowest BCUT2D eigenvalue weighted by molar-refractivity contribution is -0.123. The molecular formula is C25H23NO7S. The lowest BCUT2D eigenvalue weighted by Gasteiger charge is -2.15. The summed E-state index contributed by atoms with van der Waals surface area (Å²) in [6, 6.07) is 6.50. The van der Waals surface area contributed by atoms with Crippen LogP contribution in [0.5, 0.6) is 11.5 Å². The van der Waals surface area contributed by atoms with Crippen molar-refractivity contribution < 1.29 is 33.0 Å². The Balaban J connectivity index is 1.88. The third-order valence-corrected chi connectivity index (χ3v) is 5.56. The topological polar surface area (TPSA) is 95.3 Å². The maximum absolute atomic E-state index is 12.9. The van der Waals surface area contributed by atoms with Crippen molar-refractivity contribution in [2.75, 3.05) is 20.3 Å². The zero-order chi connectivity index (χ0) is 24.7. The fourth-order valence-electron chi connectivity index (χ4n) is 3.23. The van der Waals surface area contributed by atoms with Gasteiger partial charge in [0.1, 0.15) is 12.4 Å². The number of furan rings is 1. The molecule has 2 aromatic rings. The number of carbonyl (C=O) groups is 3. The largest absolute Gasteiger partial charge is 0.490 e. The molecule has 0 atom stereocenters. The van der Waals surface area contributed by atoms with Gasteiger partial charge in [0, 0.05) is 5.56 Å². The number of esters is 1. The minimum atomic E-state index is -0.643. The van der Waals surface area contributed by atoms with Crippen LogP contribution in [-0.4, -0.2) is 42.3 Å². The van der Waals surface area contributed by atoms with E-state index in [0.29, 0.717) is 30.1 Å². The lowest BCUT2D eigenvalue weighted by atomic mass is 10.0. The summed E-state index contributed by atoms with van der Waals surface area (Å²) >= 11 is 0.816. The van der Waals surface area contributed by atoms with Gasteiger partial charge in [-0.15, -0.1) is 13.0 Å². The highest BCUT2D eigenvalue weighted by Crippen LogP contribution is 2.37. The average Bonchev–Trinajstić information content (AvgIpc) is 3.39. The van der Waals surface area contributed by atoms with Crippen molar-refractivity contribution in [2.45, 2.75) is 19.9 Å². The number of methoxy groups -OCH3 is 1. The second-order valence-electron chi connectivity index (χ2n) is 6.95. The first-order chi connectivity index (χ1) is 16.4. The van der Waals surface area contributed by atoms with Gasteiger partial charge in [0.25, 0.3) is 11.1 Å². The number of thioether (sulfide) groups is 1. The number of hydrogen-bond acceptors (Lipinski definition) is 8. The van der Waals surface area contributed by atoms with E-state index >= 15 is 0 Å². The lowest BCUT2D eigenvalue weighted by Crippen LogP contribution is -2.27. The molecule has 0 saturated carbocycles. The van der Waals surface area contributed by atoms with Crippen molar-refractivity contribution in [3.05, 3.63) is 64.5 Å². The minimum absolute atomic E-state index is 0.00893. The molecule has 1 aliphatic heterocycles. The van der Waals surface area contributed by atoms with Crippen molar-refractivity contribution in [3.8, 4) is 23.8 Å². The van der Waals surface area contributed by atoms with Gasteiger partial charge in [0.2, 0.25) is 5.76 Å². The molecule has 176 valence electrons. The van der Waals surface area contributed by atoms with Crippen LogP contribution in [0.4, 0.5) is 4.79 Å². The molecule has 2 heterocycles. The standard InChI is InChI=1S/C25H23NO7S/c1-5-8-17-12-16(13-20(31-7-3)22(17)32-11-6-2)14-21-23(27)26(25(29)34-21)15-18-9-10-19(33-18)24(28)30-4/h2,5,9-10,12-14H,1,7-8,11,15H2,3-4H3. The summed E-state index contributed by atoms with van der Waals surface area (Å²) in [5.74, 6) is 2.59. The van der Waals surface area contributed by atoms with Gasteiger partial charge in [-0.2, -0.15) is 0 Å². The number of rotatable bonds is 10. The van der Waals surface area contributed by atoms with Crippen molar-refractivity contribution >= 4 is 35.0 Å². The van der Waals surface area contributed by atoms with Crippen LogP contribution in [0.15, 0.2) is 46.2 Å². The van der Waals surface area contributed by atoms with Gasteiger partial charge >= 0.3 is 5.97 Å². The summed E-state index contributed by atoms with van der Waals surface area (Å²) in [5, 5.41) is -0.447. The Morgan fingerprint density at radius 1 is 1.29 bits per heavy atom. The summed E-state index contributed by atoms with van der Waals surface area (Å²) in [6.45, 7) is 5.99. The van der Waals surface area contributed by atoms with Gasteiger partial charge in [0.05, 0.1) is 25.2 Å². The normalized spacial score (nSPS) is 14.3. The number of hydrogen-bond donors (Lipinski definition) is 0. The first-order valence-electron chi connectivity index (χ1n) is 10.3. The number of amides is 2. The predicted octanol–water partition coefficient (Wildman–Crippen LogP) is 4.44. The Labute approximate surface area is 201 Å². The molecule has 0 aliphatic carbocycles. The fraction of sp³-hybridized carbons (Fsp3) is 0.240. The van der Waals surface area contributed by atoms with Gasteiger partial charge < -0.3 is 18.6 Å². The predicted molar refractivity (Wildman–Crippen MR) is 127 cm³/mol. The number of carbonyl (C=O) groups excluding carboxylic acids is 3. The highest BCUT2D eigenvalue weighted by atomic mass is 32.2. The molecule has 9 heteroatoms. The molecule has 1 aliphatic rings. The van der Waals surface area contributed by atoms with Gasteiger partial charge in [-0.25, -0.2) is 4.79 Å². The van der Waals surface area contributed by atoms with Crippen LogP contribution < -0.4 is 9.47 Å². The molecule has 2 amide bonds. The SMILES string of the molecule is C#CCOc1c(CC=C)cc(C=C2SC(=O)N(Cc3ccc(C(=O)OC)o3)C2=O)cc1OCC. The van der Waals surface area contributed by atoms with Crippen LogP contribution in [0.3, 0.4) is 0 Å². The van der Waals surface area contributed by atoms with Gasteiger partial charge in [-0.3, -0.25) is 14.5 Å². The second kappa shape index (κ2) is 11.3. The smallest absolute Gasteiger partial charge is 0.373 e. The van der Waals surface area contributed by atoms with Crippen molar-refractivity contribution in [1.82, 2.24) is 4.90 Å². The van der Waals surface area contributed by atoms with E-state index < -0.39 is 17.1 Å². The van der Waals surface area contributed by atoms with Gasteiger partial charge in [0.15, 0.2) is 11.5 Å². The molecule has 0 spiro atoms. The highest BCUT2D eigenvalue weighted by Gasteiger charge is 2.36. The monoisotopic (exact) mass is 481 g/mol. The molecule has 1 fully saturated rings. The maximum Gasteiger partial charge on any atom is 0.373 e. The minimum Gasteiger partial charge on any atom is -0.490 e. The molecule has 1 aromatic heterocycles. The molecule has 0 unspecified atom stereocenters. The van der Waals surface area contributed by atoms with Crippen LogP contribution in [0.1, 0.15) is 34.4 Å². The summed E-state index contributed by atoms with van der Waals surface area (Å²) in [7, 11) is 1.23. The summed E-state index contributed by atoms with van der Waals surface area (Å²) in [6.07, 6.45) is 9.16. The number of ether oxygens (including phenoxy) is 3. The van der Waals surface area contributed by atoms with E-state index in [2.05, 4.69) is 17.2 Å². The maximum atomic E-state index is 12.9. The number of allylic oxidation sites excluding steroid dienone is 1. The van der Waals surface area contributed by atoms with Crippen LogP contribution in [0.2, 0.25) is 0 Å². The number of benzene rings is 1. The van der Waals surface area contributed by atoms with Crippen LogP contribution >= 0.6 is 11.8 Å². The zero-order valence-electron chi connectivity index (χ0n) is 18.8. The Morgan fingerprint density at radius 2 is 2.09 bits per heavy atom. The van der Waals surface area contributed by atoms with E-state index in [0.717, 1.165) is 22.2 Å². The summed E-state index contributed by atoms with van der Waals surface area (Å²) in [5.41, 5.74) is 1.44. The highest BCUT2D eigenvalue weighted by molar-refractivity contribution is 8.18. The first kappa shape index (κ1) is 24.7. The van der Waals surface area contributed by atoms with E-state index in [-0.39, 0.29) is 29.6 Å². The molecule has 3 rings (SSSR count). The van der Waals surface area contributed by atoms with E-state index in [4.69, 9.17) is 20.3 Å². The molecule has 0 radical (unpaired) electrons. The Kier molecular flexibility index (Phi) is 8.22. The van der Waals surface area contributed by atoms with Crippen molar-refractivity contribution in [3.63, 3.8) is 0 Å². The molecule has 0 bridgehead atoms. The molecule has 34 heavy (non-hydrogen) atoms. The van der Waals surface area contributed by atoms with Crippen LogP contribution in [0, 0.1) is 12.3 Å². The quantitative estimate of drug-likeness (QED) is 0.213. The fourth-order valence-corrected chi connectivity index (χ4v) is 4.07. The van der Waals surface area contributed by atoms with Gasteiger partial charge in [-0.05, 0) is 61.0 Å². The van der Waals surface area contributed by atoms with Crippen LogP contribution in [-0.2, 0) is 22.5 Å². The van der Waals surface area contributed by atoms with E-state index in [9.17, 15) is 14.4 Å². The van der Waals surface area contributed by atoms with E-state index in [1.54, 1.807) is 18.2 Å². The molecule has 1 aromatic carbocycles. The third kappa shape index (κ3) is 5.53. The summed E-state index contributed by atoms with van der Waals surface area (Å²) in [4.78, 5) is 38.3. The van der Waals surface area contributed by atoms with E-state index in [1.807, 2.05) is 13.0 Å². The number of nitrogens with zero attached hydrogens (tertiary/aromatic N) is 1. The zero-order valence-corrected chi connectivity index (χ0v) is 19.6. The molecule has 0 N–H and O–H groups in total. The van der Waals surface area contributed by atoms with Gasteiger partial charge in [-0.1, -0.05) is 12.0 Å². The molecule has 8 nitrogen and oxygen atoms in total. The Bertz CT molecular complexity index is 1190. The number of imide groups is 1. The van der Waals surface area contributed by atoms with E-state index in [1.165, 1.54) is 19.2 Å². The Hall–Kier alpha value is -3.90. The summed E-state index contributed by atoms with van der Waals surface area (Å²) < 4.78 is 21.4. The van der Waals surface area contributed by atoms with Crippen molar-refractivity contribution in [2.24, 2.45) is 0 Å². The third-order valence-electron chi connectivity index (χ3n) is 4.65. The second-order valence-corrected chi connectivity index (χ2v) is 7.94. The number of terminal acetylenes is 1. The van der Waals surface area contributed by atoms with Crippen molar-refractivity contribution in [1.29, 1.82) is 0 Å². The first-order valence-corrected chi connectivity index (χ1v) is 11.1. The molecule has 1 saturated heterocycles. The molecular weight excluding hydrogens is 458 g/mol. The van der Waals surface area contributed by atoms with Crippen LogP contribution in [0.25, 0.3) is 6.08 Å². The average molecular weight is 482 g/mol.